The van der Waals surface area contributed by atoms with Gasteiger partial charge in [0.1, 0.15) is 5.75 Å². The van der Waals surface area contributed by atoms with Crippen molar-refractivity contribution in [3.05, 3.63) is 54.6 Å². The van der Waals surface area contributed by atoms with Crippen molar-refractivity contribution >= 4 is 11.4 Å². The smallest absolute Gasteiger partial charge is 0.117 e. The van der Waals surface area contributed by atoms with E-state index in [1.54, 1.807) is 6.07 Å². The van der Waals surface area contributed by atoms with Crippen molar-refractivity contribution in [2.24, 2.45) is 0 Å². The van der Waals surface area contributed by atoms with Gasteiger partial charge in [-0.3, -0.25) is 0 Å². The molecule has 2 heteroatoms. The molecule has 2 aromatic rings. The molecule has 0 aromatic heterocycles. The number of hydrogen-bond donors (Lipinski definition) is 1. The highest BCUT2D eigenvalue weighted by atomic mass is 16.3. The predicted octanol–water partition coefficient (Wildman–Crippen LogP) is 7.45. The Morgan fingerprint density at radius 3 is 1.85 bits per heavy atom. The van der Waals surface area contributed by atoms with Gasteiger partial charge < -0.3 is 10.0 Å². The van der Waals surface area contributed by atoms with Gasteiger partial charge in [0.2, 0.25) is 0 Å². The highest BCUT2D eigenvalue weighted by Gasteiger charge is 2.09. The molecule has 2 rings (SSSR count). The van der Waals surface area contributed by atoms with Crippen LogP contribution in [0.15, 0.2) is 54.6 Å². The number of aromatic hydroxyl groups is 1. The van der Waals surface area contributed by atoms with Crippen molar-refractivity contribution in [2.45, 2.75) is 71.1 Å². The number of nitrogens with zero attached hydrogens (tertiary/aromatic N) is 1. The molecule has 2 nitrogen and oxygen atoms in total. The summed E-state index contributed by atoms with van der Waals surface area (Å²) in [5, 5.41) is 9.83. The Hall–Kier alpha value is -1.96. The molecule has 0 radical (unpaired) electrons. The quantitative estimate of drug-likeness (QED) is 0.378. The van der Waals surface area contributed by atoms with Gasteiger partial charge in [-0.1, -0.05) is 89.0 Å². The van der Waals surface area contributed by atoms with Crippen molar-refractivity contribution < 1.29 is 5.11 Å². The lowest BCUT2D eigenvalue weighted by atomic mass is 10.1. The summed E-state index contributed by atoms with van der Waals surface area (Å²) in [7, 11) is 0. The Balaban J connectivity index is 1.74. The van der Waals surface area contributed by atoms with E-state index < -0.39 is 0 Å². The third kappa shape index (κ3) is 7.51. The van der Waals surface area contributed by atoms with E-state index in [2.05, 4.69) is 42.2 Å². The van der Waals surface area contributed by atoms with Gasteiger partial charge in [0.05, 0.1) is 0 Å². The van der Waals surface area contributed by atoms with E-state index >= 15 is 0 Å². The number of rotatable bonds is 13. The minimum atomic E-state index is 0.325. The van der Waals surface area contributed by atoms with Crippen LogP contribution in [0.2, 0.25) is 0 Å². The van der Waals surface area contributed by atoms with Crippen LogP contribution < -0.4 is 4.90 Å². The molecule has 0 saturated heterocycles. The fraction of sp³-hybridized carbons (Fsp3) is 0.500. The van der Waals surface area contributed by atoms with E-state index in [-0.39, 0.29) is 0 Å². The zero-order chi connectivity index (χ0) is 18.5. The minimum Gasteiger partial charge on any atom is -0.508 e. The number of anilines is 2. The summed E-state index contributed by atoms with van der Waals surface area (Å²) in [6.07, 6.45) is 13.5. The fourth-order valence-electron chi connectivity index (χ4n) is 3.43. The van der Waals surface area contributed by atoms with E-state index in [0.717, 1.165) is 12.2 Å². The van der Waals surface area contributed by atoms with Gasteiger partial charge in [-0.15, -0.1) is 0 Å². The topological polar surface area (TPSA) is 23.5 Å². The van der Waals surface area contributed by atoms with Crippen LogP contribution in [0.4, 0.5) is 11.4 Å². The molecule has 0 heterocycles. The SMILES string of the molecule is CCCCCCCCCCCCN(c1ccccc1)c1cccc(O)c1. The van der Waals surface area contributed by atoms with Crippen molar-refractivity contribution in [3.63, 3.8) is 0 Å². The van der Waals surface area contributed by atoms with E-state index in [4.69, 9.17) is 0 Å². The zero-order valence-electron chi connectivity index (χ0n) is 16.4. The minimum absolute atomic E-state index is 0.325. The molecule has 142 valence electrons. The summed E-state index contributed by atoms with van der Waals surface area (Å²) in [4.78, 5) is 2.31. The number of phenolic OH excluding ortho intramolecular Hbond substituents is 1. The summed E-state index contributed by atoms with van der Waals surface area (Å²) in [6, 6.07) is 18.0. The number of benzene rings is 2. The van der Waals surface area contributed by atoms with Crippen LogP contribution >= 0.6 is 0 Å². The lowest BCUT2D eigenvalue weighted by molar-refractivity contribution is 0.475. The Labute approximate surface area is 159 Å². The van der Waals surface area contributed by atoms with Gasteiger partial charge in [-0.05, 0) is 30.7 Å². The second kappa shape index (κ2) is 12.4. The molecule has 0 aliphatic heterocycles. The number of unbranched alkanes of at least 4 members (excludes halogenated alkanes) is 9. The standard InChI is InChI=1S/C24H35NO/c1-2-3-4-5-6-7-8-9-10-14-20-25(22-16-12-11-13-17-22)23-18-15-19-24(26)21-23/h11-13,15-19,21,26H,2-10,14,20H2,1H3. The molecule has 0 spiro atoms. The largest absolute Gasteiger partial charge is 0.508 e. The van der Waals surface area contributed by atoms with Crippen LogP contribution in [0.3, 0.4) is 0 Å². The summed E-state index contributed by atoms with van der Waals surface area (Å²) < 4.78 is 0. The number of hydrogen-bond acceptors (Lipinski definition) is 2. The summed E-state index contributed by atoms with van der Waals surface area (Å²) in [5.74, 6) is 0.325. The Kier molecular flexibility index (Phi) is 9.71. The van der Waals surface area contributed by atoms with Crippen molar-refractivity contribution in [2.75, 3.05) is 11.4 Å². The van der Waals surface area contributed by atoms with Crippen LogP contribution in [0.5, 0.6) is 5.75 Å². The number of para-hydroxylation sites is 1. The Bertz CT molecular complexity index is 596. The Morgan fingerprint density at radius 1 is 0.654 bits per heavy atom. The molecular weight excluding hydrogens is 318 g/mol. The normalized spacial score (nSPS) is 10.8. The molecule has 0 aliphatic rings. The molecule has 2 aromatic carbocycles. The highest BCUT2D eigenvalue weighted by Crippen LogP contribution is 2.28. The van der Waals surface area contributed by atoms with Gasteiger partial charge in [-0.2, -0.15) is 0 Å². The average molecular weight is 354 g/mol. The third-order valence-electron chi connectivity index (χ3n) is 4.94. The van der Waals surface area contributed by atoms with Gasteiger partial charge in [0.25, 0.3) is 0 Å². The average Bonchev–Trinajstić information content (AvgIpc) is 2.67. The second-order valence-corrected chi connectivity index (χ2v) is 7.19. The molecule has 0 atom stereocenters. The molecule has 26 heavy (non-hydrogen) atoms. The van der Waals surface area contributed by atoms with E-state index in [9.17, 15) is 5.11 Å². The maximum atomic E-state index is 9.83. The van der Waals surface area contributed by atoms with E-state index in [1.807, 2.05) is 18.2 Å². The van der Waals surface area contributed by atoms with E-state index in [1.165, 1.54) is 69.9 Å². The monoisotopic (exact) mass is 353 g/mol. The van der Waals surface area contributed by atoms with E-state index in [0.29, 0.717) is 5.75 Å². The van der Waals surface area contributed by atoms with Crippen LogP contribution in [-0.4, -0.2) is 11.7 Å². The molecule has 0 bridgehead atoms. The Morgan fingerprint density at radius 2 is 1.23 bits per heavy atom. The van der Waals surface area contributed by atoms with Gasteiger partial charge in [0, 0.05) is 24.0 Å². The van der Waals surface area contributed by atoms with Crippen LogP contribution in [0.1, 0.15) is 71.1 Å². The van der Waals surface area contributed by atoms with Crippen LogP contribution in [-0.2, 0) is 0 Å². The van der Waals surface area contributed by atoms with Crippen molar-refractivity contribution in [1.82, 2.24) is 0 Å². The first kappa shape index (κ1) is 20.4. The number of phenols is 1. The predicted molar refractivity (Wildman–Crippen MR) is 113 cm³/mol. The first-order valence-corrected chi connectivity index (χ1v) is 10.4. The third-order valence-corrected chi connectivity index (χ3v) is 4.94. The molecule has 0 amide bonds. The first-order valence-electron chi connectivity index (χ1n) is 10.4. The molecule has 0 unspecified atom stereocenters. The summed E-state index contributed by atoms with van der Waals surface area (Å²) >= 11 is 0. The first-order chi connectivity index (χ1) is 12.8. The summed E-state index contributed by atoms with van der Waals surface area (Å²) in [6.45, 7) is 3.26. The molecule has 0 saturated carbocycles. The fourth-order valence-corrected chi connectivity index (χ4v) is 3.43. The van der Waals surface area contributed by atoms with Crippen molar-refractivity contribution in [3.8, 4) is 5.75 Å². The molecule has 1 N–H and O–H groups in total. The summed E-state index contributed by atoms with van der Waals surface area (Å²) in [5.41, 5.74) is 2.25. The van der Waals surface area contributed by atoms with Gasteiger partial charge >= 0.3 is 0 Å². The van der Waals surface area contributed by atoms with Crippen LogP contribution in [0.25, 0.3) is 0 Å². The lowest BCUT2D eigenvalue weighted by Crippen LogP contribution is -2.18. The molecule has 0 aliphatic carbocycles. The maximum absolute atomic E-state index is 9.83. The highest BCUT2D eigenvalue weighted by molar-refractivity contribution is 5.64. The molecule has 0 fully saturated rings. The van der Waals surface area contributed by atoms with Gasteiger partial charge in [0.15, 0.2) is 0 Å². The molecular formula is C24H35NO. The zero-order valence-corrected chi connectivity index (χ0v) is 16.4. The van der Waals surface area contributed by atoms with Crippen LogP contribution in [0, 0.1) is 0 Å². The lowest BCUT2D eigenvalue weighted by Gasteiger charge is -2.25. The van der Waals surface area contributed by atoms with Gasteiger partial charge in [-0.25, -0.2) is 0 Å². The second-order valence-electron chi connectivity index (χ2n) is 7.19. The maximum Gasteiger partial charge on any atom is 0.117 e. The van der Waals surface area contributed by atoms with Crippen molar-refractivity contribution in [1.29, 1.82) is 0 Å².